The molecule has 1 atom stereocenters. The molecule has 0 saturated heterocycles. The van der Waals surface area contributed by atoms with Gasteiger partial charge in [-0.15, -0.1) is 0 Å². The molecule has 88 valence electrons. The summed E-state index contributed by atoms with van der Waals surface area (Å²) in [6, 6.07) is 0. The van der Waals surface area contributed by atoms with E-state index in [-0.39, 0.29) is 5.97 Å². The molecule has 0 aromatic rings. The van der Waals surface area contributed by atoms with E-state index in [1.54, 1.807) is 0 Å². The number of hydrogen-bond acceptors (Lipinski definition) is 3. The van der Waals surface area contributed by atoms with Gasteiger partial charge in [0.25, 0.3) is 0 Å². The minimum Gasteiger partial charge on any atom is -0.490 e. The highest BCUT2D eigenvalue weighted by atomic mass is 16.5. The number of ether oxygens (including phenoxy) is 2. The molecule has 0 saturated carbocycles. The first-order chi connectivity index (χ1) is 7.79. The van der Waals surface area contributed by atoms with Crippen molar-refractivity contribution in [3.8, 4) is 0 Å². The van der Waals surface area contributed by atoms with Gasteiger partial charge < -0.3 is 9.47 Å². The second-order valence-electron chi connectivity index (χ2n) is 4.26. The zero-order valence-electron chi connectivity index (χ0n) is 9.70. The summed E-state index contributed by atoms with van der Waals surface area (Å²) < 4.78 is 10.4. The topological polar surface area (TPSA) is 35.5 Å². The fourth-order valence-corrected chi connectivity index (χ4v) is 2.24. The van der Waals surface area contributed by atoms with Crippen molar-refractivity contribution in [1.29, 1.82) is 0 Å². The lowest BCUT2D eigenvalue weighted by Crippen LogP contribution is -2.11. The maximum Gasteiger partial charge on any atom is 0.305 e. The van der Waals surface area contributed by atoms with Crippen LogP contribution in [0.15, 0.2) is 23.5 Å². The third-order valence-electron chi connectivity index (χ3n) is 3.09. The number of hydrogen-bond donors (Lipinski definition) is 0. The molecule has 1 aliphatic carbocycles. The normalized spacial score (nSPS) is 22.9. The van der Waals surface area contributed by atoms with Crippen molar-refractivity contribution in [3.63, 3.8) is 0 Å². The lowest BCUT2D eigenvalue weighted by molar-refractivity contribution is -0.143. The number of allylic oxidation sites excluding steroid dienone is 2. The first kappa shape index (κ1) is 11.2. The van der Waals surface area contributed by atoms with E-state index in [9.17, 15) is 4.79 Å². The molecule has 1 unspecified atom stereocenters. The van der Waals surface area contributed by atoms with Crippen molar-refractivity contribution in [2.75, 3.05) is 13.2 Å². The molecule has 16 heavy (non-hydrogen) atoms. The first-order valence-electron chi connectivity index (χ1n) is 5.97. The van der Waals surface area contributed by atoms with E-state index in [1.165, 1.54) is 5.57 Å². The summed E-state index contributed by atoms with van der Waals surface area (Å²) in [6.45, 7) is 3.03. The quantitative estimate of drug-likeness (QED) is 0.686. The molecule has 0 aromatic carbocycles. The minimum absolute atomic E-state index is 0.0751. The highest BCUT2D eigenvalue weighted by Crippen LogP contribution is 2.34. The SMILES string of the molecule is CCOC(=O)CCC1CC=C2OCC=C2C1. The van der Waals surface area contributed by atoms with Gasteiger partial charge >= 0.3 is 5.97 Å². The van der Waals surface area contributed by atoms with Crippen molar-refractivity contribution in [2.24, 2.45) is 5.92 Å². The third-order valence-corrected chi connectivity index (χ3v) is 3.09. The molecule has 3 nitrogen and oxygen atoms in total. The standard InChI is InChI=1S/C13H18O3/c1-2-15-13(14)6-4-10-3-5-12-11(9-10)7-8-16-12/h5,7,10H,2-4,6,8-9H2,1H3. The summed E-state index contributed by atoms with van der Waals surface area (Å²) in [7, 11) is 0. The van der Waals surface area contributed by atoms with Crippen molar-refractivity contribution < 1.29 is 14.3 Å². The number of esters is 1. The Morgan fingerprint density at radius 1 is 1.56 bits per heavy atom. The zero-order valence-corrected chi connectivity index (χ0v) is 9.70. The molecule has 3 heteroatoms. The number of rotatable bonds is 4. The summed E-state index contributed by atoms with van der Waals surface area (Å²) in [6.07, 6.45) is 7.81. The van der Waals surface area contributed by atoms with E-state index in [1.807, 2.05) is 6.92 Å². The Hall–Kier alpha value is -1.25. The summed E-state index contributed by atoms with van der Waals surface area (Å²) in [5, 5.41) is 0. The molecular weight excluding hydrogens is 204 g/mol. The largest absolute Gasteiger partial charge is 0.490 e. The van der Waals surface area contributed by atoms with Crippen molar-refractivity contribution in [2.45, 2.75) is 32.6 Å². The average molecular weight is 222 g/mol. The van der Waals surface area contributed by atoms with Gasteiger partial charge in [0, 0.05) is 6.42 Å². The van der Waals surface area contributed by atoms with Crippen molar-refractivity contribution >= 4 is 5.97 Å². The van der Waals surface area contributed by atoms with Gasteiger partial charge in [0.15, 0.2) is 0 Å². The van der Waals surface area contributed by atoms with E-state index in [0.717, 1.165) is 25.0 Å². The number of fused-ring (bicyclic) bond motifs is 1. The molecule has 0 spiro atoms. The Balaban J connectivity index is 1.78. The second kappa shape index (κ2) is 5.19. The Kier molecular flexibility index (Phi) is 3.65. The predicted molar refractivity (Wildman–Crippen MR) is 60.7 cm³/mol. The minimum atomic E-state index is -0.0751. The maximum absolute atomic E-state index is 11.2. The van der Waals surface area contributed by atoms with Crippen LogP contribution in [-0.2, 0) is 14.3 Å². The van der Waals surface area contributed by atoms with Crippen LogP contribution in [0.1, 0.15) is 32.6 Å². The summed E-state index contributed by atoms with van der Waals surface area (Å²) in [5.74, 6) is 1.56. The van der Waals surface area contributed by atoms with Crippen LogP contribution >= 0.6 is 0 Å². The summed E-state index contributed by atoms with van der Waals surface area (Å²) in [4.78, 5) is 11.2. The molecule has 1 aliphatic heterocycles. The molecular formula is C13H18O3. The van der Waals surface area contributed by atoms with Crippen LogP contribution in [0.5, 0.6) is 0 Å². The average Bonchev–Trinajstić information content (AvgIpc) is 2.74. The van der Waals surface area contributed by atoms with E-state index in [2.05, 4.69) is 12.2 Å². The van der Waals surface area contributed by atoms with Crippen LogP contribution in [0.3, 0.4) is 0 Å². The Bertz CT molecular complexity index is 328. The van der Waals surface area contributed by atoms with Crippen molar-refractivity contribution in [1.82, 2.24) is 0 Å². The lowest BCUT2D eigenvalue weighted by Gasteiger charge is -2.20. The van der Waals surface area contributed by atoms with Gasteiger partial charge in [-0.25, -0.2) is 0 Å². The fraction of sp³-hybridized carbons (Fsp3) is 0.615. The second-order valence-corrected chi connectivity index (χ2v) is 4.26. The smallest absolute Gasteiger partial charge is 0.305 e. The molecule has 0 aromatic heterocycles. The number of carbonyl (C=O) groups is 1. The molecule has 2 rings (SSSR count). The van der Waals surface area contributed by atoms with Crippen LogP contribution < -0.4 is 0 Å². The summed E-state index contributed by atoms with van der Waals surface area (Å²) in [5.41, 5.74) is 1.32. The van der Waals surface area contributed by atoms with E-state index in [0.29, 0.717) is 25.6 Å². The molecule has 0 N–H and O–H groups in total. The monoisotopic (exact) mass is 222 g/mol. The zero-order chi connectivity index (χ0) is 11.4. The Morgan fingerprint density at radius 3 is 3.25 bits per heavy atom. The fourth-order valence-electron chi connectivity index (χ4n) is 2.24. The third kappa shape index (κ3) is 2.65. The summed E-state index contributed by atoms with van der Waals surface area (Å²) >= 11 is 0. The van der Waals surface area contributed by atoms with Crippen LogP contribution in [0, 0.1) is 5.92 Å². The Labute approximate surface area is 96.1 Å². The molecule has 0 radical (unpaired) electrons. The van der Waals surface area contributed by atoms with E-state index in [4.69, 9.17) is 9.47 Å². The van der Waals surface area contributed by atoms with Gasteiger partial charge in [-0.05, 0) is 49.8 Å². The van der Waals surface area contributed by atoms with E-state index >= 15 is 0 Å². The number of carbonyl (C=O) groups excluding carboxylic acids is 1. The van der Waals surface area contributed by atoms with Gasteiger partial charge in [-0.2, -0.15) is 0 Å². The first-order valence-corrected chi connectivity index (χ1v) is 5.97. The van der Waals surface area contributed by atoms with Crippen LogP contribution in [0.4, 0.5) is 0 Å². The molecule has 0 amide bonds. The molecule has 0 bridgehead atoms. The van der Waals surface area contributed by atoms with Crippen LogP contribution in [-0.4, -0.2) is 19.2 Å². The van der Waals surface area contributed by atoms with E-state index < -0.39 is 0 Å². The highest BCUT2D eigenvalue weighted by Gasteiger charge is 2.23. The molecule has 2 aliphatic rings. The highest BCUT2D eigenvalue weighted by molar-refractivity contribution is 5.69. The van der Waals surface area contributed by atoms with Gasteiger partial charge in [0.05, 0.1) is 6.61 Å². The molecule has 1 heterocycles. The lowest BCUT2D eigenvalue weighted by atomic mass is 9.87. The molecule has 0 fully saturated rings. The van der Waals surface area contributed by atoms with Gasteiger partial charge in [0.2, 0.25) is 0 Å². The van der Waals surface area contributed by atoms with Gasteiger partial charge in [0.1, 0.15) is 12.4 Å². The van der Waals surface area contributed by atoms with Gasteiger partial charge in [-0.1, -0.05) is 0 Å². The van der Waals surface area contributed by atoms with Crippen molar-refractivity contribution in [3.05, 3.63) is 23.5 Å². The van der Waals surface area contributed by atoms with Crippen LogP contribution in [0.25, 0.3) is 0 Å². The predicted octanol–water partition coefficient (Wildman–Crippen LogP) is 2.58. The Morgan fingerprint density at radius 2 is 2.44 bits per heavy atom. The maximum atomic E-state index is 11.2. The van der Waals surface area contributed by atoms with Crippen LogP contribution in [0.2, 0.25) is 0 Å². The van der Waals surface area contributed by atoms with Gasteiger partial charge in [-0.3, -0.25) is 4.79 Å².